The molecular weight excluding hydrogens is 266 g/mol. The molecule has 5 nitrogen and oxygen atoms in total. The molecule has 5 heteroatoms. The molecule has 1 N–H and O–H groups in total. The van der Waals surface area contributed by atoms with Crippen molar-refractivity contribution >= 4 is 11.8 Å². The second-order valence-corrected chi connectivity index (χ2v) is 5.98. The summed E-state index contributed by atoms with van der Waals surface area (Å²) >= 11 is 0. The number of nitrogens with zero attached hydrogens (tertiary/aromatic N) is 3. The Morgan fingerprint density at radius 1 is 1.14 bits per heavy atom. The van der Waals surface area contributed by atoms with Crippen LogP contribution < -0.4 is 4.90 Å². The van der Waals surface area contributed by atoms with Gasteiger partial charge in [-0.05, 0) is 38.2 Å². The van der Waals surface area contributed by atoms with Gasteiger partial charge in [0.2, 0.25) is 0 Å². The fraction of sp³-hybridized carbons (Fsp3) is 0.688. The van der Waals surface area contributed by atoms with Gasteiger partial charge in [0.15, 0.2) is 5.82 Å². The van der Waals surface area contributed by atoms with E-state index in [-0.39, 0.29) is 6.04 Å². The molecule has 1 aromatic heterocycles. The molecule has 1 rings (SSSR count). The van der Waals surface area contributed by atoms with Crippen molar-refractivity contribution in [3.63, 3.8) is 0 Å². The van der Waals surface area contributed by atoms with Gasteiger partial charge in [-0.3, -0.25) is 0 Å². The summed E-state index contributed by atoms with van der Waals surface area (Å²) in [4.78, 5) is 13.8. The molecule has 0 saturated heterocycles. The standard InChI is InChI=1S/C16H27N3O2/c1-7-12-13(8-2)17-18-15(14(12)16(20)21)19(11(5)6)9-10(3)4/h10-11H,7-9H2,1-6H3,(H,20,21). The number of carboxylic acid groups (broad SMARTS) is 1. The van der Waals surface area contributed by atoms with Crippen molar-refractivity contribution in [2.24, 2.45) is 5.92 Å². The Labute approximate surface area is 127 Å². The van der Waals surface area contributed by atoms with Gasteiger partial charge in [-0.15, -0.1) is 5.10 Å². The van der Waals surface area contributed by atoms with Crippen molar-refractivity contribution < 1.29 is 9.90 Å². The van der Waals surface area contributed by atoms with E-state index < -0.39 is 5.97 Å². The first-order valence-electron chi connectivity index (χ1n) is 7.71. The van der Waals surface area contributed by atoms with Crippen molar-refractivity contribution in [2.45, 2.75) is 60.4 Å². The Bertz CT molecular complexity index is 499. The highest BCUT2D eigenvalue weighted by molar-refractivity contribution is 5.95. The molecule has 0 aromatic carbocycles. The maximum atomic E-state index is 11.8. The lowest BCUT2D eigenvalue weighted by Crippen LogP contribution is -2.36. The second kappa shape index (κ2) is 7.38. The van der Waals surface area contributed by atoms with Gasteiger partial charge in [-0.25, -0.2) is 4.79 Å². The van der Waals surface area contributed by atoms with E-state index in [0.29, 0.717) is 30.1 Å². The van der Waals surface area contributed by atoms with Gasteiger partial charge in [-0.1, -0.05) is 27.7 Å². The fourth-order valence-electron chi connectivity index (χ4n) is 2.52. The number of anilines is 1. The first kappa shape index (κ1) is 17.4. The van der Waals surface area contributed by atoms with Gasteiger partial charge in [0.05, 0.1) is 5.69 Å². The zero-order valence-corrected chi connectivity index (χ0v) is 14.0. The number of aromatic nitrogens is 2. The molecule has 118 valence electrons. The summed E-state index contributed by atoms with van der Waals surface area (Å²) in [5.74, 6) is 0.00730. The minimum absolute atomic E-state index is 0.178. The van der Waals surface area contributed by atoms with Crippen LogP contribution in [0.5, 0.6) is 0 Å². The Morgan fingerprint density at radius 2 is 1.76 bits per heavy atom. The molecule has 1 heterocycles. The molecule has 21 heavy (non-hydrogen) atoms. The predicted octanol–water partition coefficient (Wildman–Crippen LogP) is 3.17. The molecule has 0 fully saturated rings. The van der Waals surface area contributed by atoms with Crippen LogP contribution in [0.4, 0.5) is 5.82 Å². The molecule has 0 aliphatic rings. The van der Waals surface area contributed by atoms with Crippen LogP contribution in [0, 0.1) is 5.92 Å². The zero-order chi connectivity index (χ0) is 16.2. The van der Waals surface area contributed by atoms with E-state index in [1.807, 2.05) is 18.7 Å². The molecule has 1 aromatic rings. The van der Waals surface area contributed by atoms with Crippen molar-refractivity contribution in [3.05, 3.63) is 16.8 Å². The van der Waals surface area contributed by atoms with E-state index in [0.717, 1.165) is 17.8 Å². The third kappa shape index (κ3) is 3.93. The van der Waals surface area contributed by atoms with Gasteiger partial charge in [0, 0.05) is 12.6 Å². The molecule has 0 unspecified atom stereocenters. The zero-order valence-electron chi connectivity index (χ0n) is 14.0. The van der Waals surface area contributed by atoms with E-state index in [1.54, 1.807) is 0 Å². The summed E-state index contributed by atoms with van der Waals surface area (Å²) < 4.78 is 0. The van der Waals surface area contributed by atoms with E-state index >= 15 is 0 Å². The van der Waals surface area contributed by atoms with Crippen LogP contribution >= 0.6 is 0 Å². The first-order valence-corrected chi connectivity index (χ1v) is 7.71. The van der Waals surface area contributed by atoms with Crippen molar-refractivity contribution in [2.75, 3.05) is 11.4 Å². The van der Waals surface area contributed by atoms with Crippen molar-refractivity contribution in [1.29, 1.82) is 0 Å². The quantitative estimate of drug-likeness (QED) is 0.836. The summed E-state index contributed by atoms with van der Waals surface area (Å²) in [7, 11) is 0. The number of aromatic carboxylic acids is 1. The lowest BCUT2D eigenvalue weighted by molar-refractivity contribution is 0.0695. The third-order valence-corrected chi connectivity index (χ3v) is 3.50. The van der Waals surface area contributed by atoms with Gasteiger partial charge in [-0.2, -0.15) is 5.10 Å². The summed E-state index contributed by atoms with van der Waals surface area (Å²) in [6.07, 6.45) is 1.35. The monoisotopic (exact) mass is 293 g/mol. The molecule has 0 aliphatic carbocycles. The molecule has 0 spiro atoms. The van der Waals surface area contributed by atoms with Gasteiger partial charge < -0.3 is 10.0 Å². The minimum atomic E-state index is -0.916. The van der Waals surface area contributed by atoms with Crippen LogP contribution in [0.3, 0.4) is 0 Å². The lowest BCUT2D eigenvalue weighted by atomic mass is 10.0. The SMILES string of the molecule is CCc1nnc(N(CC(C)C)C(C)C)c(C(=O)O)c1CC. The van der Waals surface area contributed by atoms with E-state index in [1.165, 1.54) is 0 Å². The Balaban J connectivity index is 3.49. The highest BCUT2D eigenvalue weighted by atomic mass is 16.4. The van der Waals surface area contributed by atoms with E-state index in [9.17, 15) is 9.90 Å². The van der Waals surface area contributed by atoms with Gasteiger partial charge in [0.25, 0.3) is 0 Å². The van der Waals surface area contributed by atoms with Crippen molar-refractivity contribution in [1.82, 2.24) is 10.2 Å². The highest BCUT2D eigenvalue weighted by Crippen LogP contribution is 2.26. The number of hydrogen-bond acceptors (Lipinski definition) is 4. The molecule has 0 amide bonds. The molecular formula is C16H27N3O2. The topological polar surface area (TPSA) is 66.3 Å². The second-order valence-electron chi connectivity index (χ2n) is 5.98. The van der Waals surface area contributed by atoms with Gasteiger partial charge in [0.1, 0.15) is 5.56 Å². The van der Waals surface area contributed by atoms with Crippen LogP contribution in [0.15, 0.2) is 0 Å². The van der Waals surface area contributed by atoms with Crippen LogP contribution in [0.1, 0.15) is 63.2 Å². The Hall–Kier alpha value is -1.65. The number of carbonyl (C=O) groups is 1. The number of carboxylic acids is 1. The number of rotatable bonds is 7. The van der Waals surface area contributed by atoms with Crippen LogP contribution in [0.2, 0.25) is 0 Å². The molecule has 0 bridgehead atoms. The minimum Gasteiger partial charge on any atom is -0.478 e. The fourth-order valence-corrected chi connectivity index (χ4v) is 2.52. The summed E-state index contributed by atoms with van der Waals surface area (Å²) in [6.45, 7) is 13.0. The number of hydrogen-bond donors (Lipinski definition) is 1. The average Bonchev–Trinajstić information content (AvgIpc) is 2.42. The average molecular weight is 293 g/mol. The largest absolute Gasteiger partial charge is 0.478 e. The Morgan fingerprint density at radius 3 is 2.14 bits per heavy atom. The summed E-state index contributed by atoms with van der Waals surface area (Å²) in [5, 5.41) is 18.2. The van der Waals surface area contributed by atoms with Crippen molar-refractivity contribution in [3.8, 4) is 0 Å². The smallest absolute Gasteiger partial charge is 0.339 e. The van der Waals surface area contributed by atoms with E-state index in [4.69, 9.17) is 0 Å². The molecule has 0 saturated carbocycles. The lowest BCUT2D eigenvalue weighted by Gasteiger charge is -2.31. The molecule has 0 aliphatic heterocycles. The highest BCUT2D eigenvalue weighted by Gasteiger charge is 2.25. The third-order valence-electron chi connectivity index (χ3n) is 3.50. The maximum absolute atomic E-state index is 11.8. The van der Waals surface area contributed by atoms with E-state index in [2.05, 4.69) is 37.9 Å². The summed E-state index contributed by atoms with van der Waals surface area (Å²) in [5.41, 5.74) is 1.91. The molecule has 0 atom stereocenters. The first-order chi connectivity index (χ1) is 9.83. The Kier molecular flexibility index (Phi) is 6.12. The summed E-state index contributed by atoms with van der Waals surface area (Å²) in [6, 6.07) is 0.178. The van der Waals surface area contributed by atoms with Crippen LogP contribution in [-0.4, -0.2) is 33.9 Å². The molecule has 0 radical (unpaired) electrons. The van der Waals surface area contributed by atoms with Crippen LogP contribution in [0.25, 0.3) is 0 Å². The maximum Gasteiger partial charge on any atom is 0.339 e. The predicted molar refractivity (Wildman–Crippen MR) is 85.1 cm³/mol. The van der Waals surface area contributed by atoms with Crippen LogP contribution in [-0.2, 0) is 12.8 Å². The number of aryl methyl sites for hydroxylation is 1. The van der Waals surface area contributed by atoms with Gasteiger partial charge >= 0.3 is 5.97 Å². The normalized spacial score (nSPS) is 11.2.